The normalized spacial score (nSPS) is 10.6. The van der Waals surface area contributed by atoms with Crippen molar-refractivity contribution in [2.75, 3.05) is 19.0 Å². The minimum absolute atomic E-state index is 0.0648. The van der Waals surface area contributed by atoms with E-state index < -0.39 is 0 Å². The number of aromatic nitrogens is 3. The number of aliphatic hydroxyl groups excluding tert-OH is 1. The van der Waals surface area contributed by atoms with Gasteiger partial charge < -0.3 is 15.2 Å². The summed E-state index contributed by atoms with van der Waals surface area (Å²) in [7, 11) is 1.68. The predicted molar refractivity (Wildman–Crippen MR) is 71.6 cm³/mol. The molecule has 0 aliphatic carbocycles. The Morgan fingerprint density at radius 1 is 1.42 bits per heavy atom. The first kappa shape index (κ1) is 13.5. The van der Waals surface area contributed by atoms with Crippen LogP contribution in [0.5, 0.6) is 0 Å². The van der Waals surface area contributed by atoms with Crippen LogP contribution in [0, 0.1) is 0 Å². The van der Waals surface area contributed by atoms with Crippen LogP contribution in [0.4, 0.5) is 5.69 Å². The number of ether oxygens (including phenoxy) is 1. The Kier molecular flexibility index (Phi) is 4.88. The molecule has 1 heterocycles. The number of hydrogen-bond donors (Lipinski definition) is 2. The highest BCUT2D eigenvalue weighted by atomic mass is 16.5. The highest BCUT2D eigenvalue weighted by Crippen LogP contribution is 2.12. The molecule has 0 unspecified atom stereocenters. The van der Waals surface area contributed by atoms with Crippen molar-refractivity contribution in [3.63, 3.8) is 0 Å². The third-order valence-electron chi connectivity index (χ3n) is 2.63. The molecule has 2 N–H and O–H groups in total. The van der Waals surface area contributed by atoms with E-state index in [1.807, 2.05) is 30.5 Å². The van der Waals surface area contributed by atoms with Crippen LogP contribution in [0.25, 0.3) is 0 Å². The van der Waals surface area contributed by atoms with Crippen molar-refractivity contribution in [3.8, 4) is 0 Å². The summed E-state index contributed by atoms with van der Waals surface area (Å²) < 4.78 is 6.72. The van der Waals surface area contributed by atoms with Gasteiger partial charge in [0.15, 0.2) is 0 Å². The van der Waals surface area contributed by atoms with Crippen LogP contribution >= 0.6 is 0 Å². The molecule has 2 aromatic rings. The van der Waals surface area contributed by atoms with E-state index in [0.29, 0.717) is 19.7 Å². The van der Waals surface area contributed by atoms with Crippen LogP contribution in [0.15, 0.2) is 30.5 Å². The second kappa shape index (κ2) is 6.86. The Morgan fingerprint density at radius 3 is 3.11 bits per heavy atom. The third kappa shape index (κ3) is 4.04. The van der Waals surface area contributed by atoms with Crippen LogP contribution in [0.2, 0.25) is 0 Å². The fourth-order valence-corrected chi connectivity index (χ4v) is 1.76. The van der Waals surface area contributed by atoms with E-state index in [9.17, 15) is 0 Å². The molecule has 0 atom stereocenters. The maximum atomic E-state index is 8.80. The zero-order chi connectivity index (χ0) is 13.5. The number of aliphatic hydroxyl groups is 1. The van der Waals surface area contributed by atoms with E-state index in [1.54, 1.807) is 11.8 Å². The number of anilines is 1. The summed E-state index contributed by atoms with van der Waals surface area (Å²) in [5.74, 6) is 0. The largest absolute Gasteiger partial charge is 0.394 e. The van der Waals surface area contributed by atoms with Gasteiger partial charge in [-0.05, 0) is 17.7 Å². The summed E-state index contributed by atoms with van der Waals surface area (Å²) in [5, 5.41) is 20.0. The summed E-state index contributed by atoms with van der Waals surface area (Å²) in [4.78, 5) is 0. The van der Waals surface area contributed by atoms with Crippen molar-refractivity contribution >= 4 is 5.69 Å². The molecule has 0 fully saturated rings. The summed E-state index contributed by atoms with van der Waals surface area (Å²) in [6.45, 7) is 1.73. The first-order valence-corrected chi connectivity index (χ1v) is 6.13. The van der Waals surface area contributed by atoms with Crippen LogP contribution in [0.1, 0.15) is 11.3 Å². The fraction of sp³-hybridized carbons (Fsp3) is 0.385. The third-order valence-corrected chi connectivity index (χ3v) is 2.63. The molecule has 102 valence electrons. The topological polar surface area (TPSA) is 72.2 Å². The smallest absolute Gasteiger partial charge is 0.102 e. The van der Waals surface area contributed by atoms with Crippen LogP contribution < -0.4 is 5.32 Å². The quantitative estimate of drug-likeness (QED) is 0.779. The Balaban J connectivity index is 1.91. The molecule has 2 rings (SSSR count). The van der Waals surface area contributed by atoms with Gasteiger partial charge in [0.05, 0.1) is 32.5 Å². The fourth-order valence-electron chi connectivity index (χ4n) is 1.76. The van der Waals surface area contributed by atoms with Crippen molar-refractivity contribution in [3.05, 3.63) is 41.7 Å². The molecule has 0 amide bonds. The maximum absolute atomic E-state index is 8.80. The summed E-state index contributed by atoms with van der Waals surface area (Å²) in [5.41, 5.74) is 2.98. The lowest BCUT2D eigenvalue weighted by molar-refractivity contribution is 0.185. The Bertz CT molecular complexity index is 513. The first-order valence-electron chi connectivity index (χ1n) is 6.13. The van der Waals surface area contributed by atoms with Crippen molar-refractivity contribution in [2.24, 2.45) is 0 Å². The van der Waals surface area contributed by atoms with E-state index in [4.69, 9.17) is 9.84 Å². The number of methoxy groups -OCH3 is 1. The molecular formula is C13H18N4O2. The molecular weight excluding hydrogens is 244 g/mol. The molecule has 19 heavy (non-hydrogen) atoms. The highest BCUT2D eigenvalue weighted by Gasteiger charge is 2.01. The second-order valence-corrected chi connectivity index (χ2v) is 4.18. The molecule has 0 radical (unpaired) electrons. The second-order valence-electron chi connectivity index (χ2n) is 4.18. The van der Waals surface area contributed by atoms with Gasteiger partial charge in [-0.25, -0.2) is 4.68 Å². The van der Waals surface area contributed by atoms with E-state index in [0.717, 1.165) is 16.9 Å². The van der Waals surface area contributed by atoms with Crippen LogP contribution in [-0.2, 0) is 24.4 Å². The predicted octanol–water partition coefficient (Wildman–Crippen LogP) is 1.03. The van der Waals surface area contributed by atoms with Crippen molar-refractivity contribution in [2.45, 2.75) is 19.7 Å². The van der Waals surface area contributed by atoms with Gasteiger partial charge in [-0.15, -0.1) is 5.10 Å². The van der Waals surface area contributed by atoms with Gasteiger partial charge in [-0.3, -0.25) is 0 Å². The summed E-state index contributed by atoms with van der Waals surface area (Å²) in [6.07, 6.45) is 1.82. The molecule has 0 bridgehead atoms. The van der Waals surface area contributed by atoms with E-state index in [2.05, 4.69) is 15.6 Å². The molecule has 1 aromatic carbocycles. The number of benzene rings is 1. The lowest BCUT2D eigenvalue weighted by atomic mass is 10.2. The van der Waals surface area contributed by atoms with Gasteiger partial charge in [0, 0.05) is 12.8 Å². The number of nitrogens with zero attached hydrogens (tertiary/aromatic N) is 3. The molecule has 0 aliphatic heterocycles. The van der Waals surface area contributed by atoms with Gasteiger partial charge in [0.2, 0.25) is 0 Å². The standard InChI is InChI=1S/C13H18N4O2/c1-19-10-11-3-2-4-12(7-11)14-8-13-9-17(5-6-18)16-15-13/h2-4,7,9,14,18H,5-6,8,10H2,1H3. The number of nitrogens with one attached hydrogen (secondary N) is 1. The molecule has 0 saturated heterocycles. The molecule has 6 heteroatoms. The number of hydrogen-bond acceptors (Lipinski definition) is 5. The van der Waals surface area contributed by atoms with E-state index >= 15 is 0 Å². The zero-order valence-electron chi connectivity index (χ0n) is 10.9. The zero-order valence-corrected chi connectivity index (χ0v) is 10.9. The molecule has 6 nitrogen and oxygen atoms in total. The Labute approximate surface area is 112 Å². The van der Waals surface area contributed by atoms with Crippen LogP contribution in [0.3, 0.4) is 0 Å². The minimum Gasteiger partial charge on any atom is -0.394 e. The van der Waals surface area contributed by atoms with Gasteiger partial charge in [-0.2, -0.15) is 0 Å². The monoisotopic (exact) mass is 262 g/mol. The van der Waals surface area contributed by atoms with Gasteiger partial charge in [0.25, 0.3) is 0 Å². The average molecular weight is 262 g/mol. The van der Waals surface area contributed by atoms with E-state index in [-0.39, 0.29) is 6.61 Å². The molecule has 1 aromatic heterocycles. The van der Waals surface area contributed by atoms with Gasteiger partial charge in [-0.1, -0.05) is 17.3 Å². The first-order chi connectivity index (χ1) is 9.31. The maximum Gasteiger partial charge on any atom is 0.102 e. The Morgan fingerprint density at radius 2 is 2.32 bits per heavy atom. The molecule has 0 spiro atoms. The lowest BCUT2D eigenvalue weighted by Gasteiger charge is -2.06. The summed E-state index contributed by atoms with van der Waals surface area (Å²) >= 11 is 0. The van der Waals surface area contributed by atoms with Crippen LogP contribution in [-0.4, -0.2) is 33.8 Å². The average Bonchev–Trinajstić information content (AvgIpc) is 2.86. The SMILES string of the molecule is COCc1cccc(NCc2cn(CCO)nn2)c1. The lowest BCUT2D eigenvalue weighted by Crippen LogP contribution is -2.02. The van der Waals surface area contributed by atoms with Gasteiger partial charge >= 0.3 is 0 Å². The summed E-state index contributed by atoms with van der Waals surface area (Å²) in [6, 6.07) is 8.05. The molecule has 0 saturated carbocycles. The van der Waals surface area contributed by atoms with Crippen molar-refractivity contribution < 1.29 is 9.84 Å². The Hall–Kier alpha value is -1.92. The van der Waals surface area contributed by atoms with Crippen molar-refractivity contribution in [1.82, 2.24) is 15.0 Å². The highest BCUT2D eigenvalue weighted by molar-refractivity contribution is 5.45. The van der Waals surface area contributed by atoms with Gasteiger partial charge in [0.1, 0.15) is 5.69 Å². The minimum atomic E-state index is 0.0648. The number of rotatable bonds is 7. The molecule has 0 aliphatic rings. The van der Waals surface area contributed by atoms with Crippen molar-refractivity contribution in [1.29, 1.82) is 0 Å². The van der Waals surface area contributed by atoms with E-state index in [1.165, 1.54) is 0 Å².